The Morgan fingerprint density at radius 2 is 1.68 bits per heavy atom. The van der Waals surface area contributed by atoms with E-state index in [0.717, 1.165) is 7.11 Å². The summed E-state index contributed by atoms with van der Waals surface area (Å²) >= 11 is 0. The van der Waals surface area contributed by atoms with Gasteiger partial charge in [0.15, 0.2) is 0 Å². The second-order valence-electron chi connectivity index (χ2n) is 5.46. The van der Waals surface area contributed by atoms with Crippen LogP contribution >= 0.6 is 15.6 Å². The zero-order valence-electron chi connectivity index (χ0n) is 15.7. The number of phosphoric ester groups is 2. The van der Waals surface area contributed by atoms with Crippen LogP contribution < -0.4 is 0 Å². The molecule has 7 atom stereocenters. The number of hydrogen-bond acceptors (Lipinski definition) is 9. The highest BCUT2D eigenvalue weighted by Crippen LogP contribution is 2.47. The smallest absolute Gasteiger partial charge is 0.394 e. The first kappa shape index (κ1) is 28.2. The molecule has 0 aliphatic carbocycles. The first-order chi connectivity index (χ1) is 12.9. The number of halogens is 1. The molecule has 0 aromatic rings. The molecule has 0 rings (SSSR count). The second-order valence-corrected chi connectivity index (χ2v) is 8.38. The Morgan fingerprint density at radius 1 is 1.07 bits per heavy atom. The van der Waals surface area contributed by atoms with E-state index in [9.17, 15) is 23.3 Å². The molecule has 4 radical (unpaired) electrons. The molecule has 0 bridgehead atoms. The van der Waals surface area contributed by atoms with E-state index in [1.165, 1.54) is 13.8 Å². The number of phosphoric acid groups is 2. The molecule has 0 spiro atoms. The van der Waals surface area contributed by atoms with Crippen LogP contribution in [0.2, 0.25) is 0 Å². The van der Waals surface area contributed by atoms with E-state index < -0.39 is 66.0 Å². The van der Waals surface area contributed by atoms with Crippen LogP contribution in [0.1, 0.15) is 13.8 Å². The van der Waals surface area contributed by atoms with Gasteiger partial charge in [0.25, 0.3) is 0 Å². The molecular weight excluding hydrogens is 423 g/mol. The van der Waals surface area contributed by atoms with Crippen molar-refractivity contribution in [1.82, 2.24) is 0 Å². The minimum absolute atomic E-state index is 0.268. The van der Waals surface area contributed by atoms with Crippen molar-refractivity contribution in [3.8, 4) is 0 Å². The average Bonchev–Trinajstić information content (AvgIpc) is 2.60. The topological polar surface area (TPSA) is 150 Å². The molecule has 5 unspecified atom stereocenters. The molecule has 0 aliphatic rings. The highest BCUT2D eigenvalue weighted by atomic mass is 31.2. The molecule has 0 heterocycles. The number of hydrogen-bond donors (Lipinski definition) is 3. The molecule has 28 heavy (non-hydrogen) atoms. The standard InChI is InChI=1S/C12H25B2FO11P2/c1-8(11(5-16)22-7-13)25-28(19,20)23-6-12(24-9(2)14)10(4-15)26-27(17,18)21-3/h8-12,16H,4-7H2,1-3H3,(H,17,18)(H,19,20)/t8-,9-,10?,11?,12?/m1/s1. The first-order valence-corrected chi connectivity index (χ1v) is 11.0. The van der Waals surface area contributed by atoms with Crippen LogP contribution in [-0.4, -0.2) is 94.5 Å². The highest BCUT2D eigenvalue weighted by molar-refractivity contribution is 7.47. The fraction of sp³-hybridized carbons (Fsp3) is 1.00. The number of rotatable bonds is 16. The Morgan fingerprint density at radius 3 is 2.11 bits per heavy atom. The number of aliphatic hydroxyl groups is 1. The summed E-state index contributed by atoms with van der Waals surface area (Å²) in [6, 6.07) is -0.999. The summed E-state index contributed by atoms with van der Waals surface area (Å²) in [6.45, 7) is -0.233. The van der Waals surface area contributed by atoms with E-state index in [2.05, 4.69) is 9.05 Å². The van der Waals surface area contributed by atoms with Crippen molar-refractivity contribution in [3.63, 3.8) is 0 Å². The molecule has 0 saturated heterocycles. The third-order valence-electron chi connectivity index (χ3n) is 3.17. The zero-order valence-corrected chi connectivity index (χ0v) is 17.5. The van der Waals surface area contributed by atoms with Crippen LogP contribution in [0.4, 0.5) is 4.39 Å². The third kappa shape index (κ3) is 11.4. The predicted octanol–water partition coefficient (Wildman–Crippen LogP) is 0.0132. The molecule has 0 saturated carbocycles. The van der Waals surface area contributed by atoms with Gasteiger partial charge in [-0.1, -0.05) is 0 Å². The van der Waals surface area contributed by atoms with Gasteiger partial charge in [-0.3, -0.25) is 18.1 Å². The minimum Gasteiger partial charge on any atom is -0.394 e. The first-order valence-electron chi connectivity index (χ1n) is 8.03. The molecular formula is C12H25B2FO11P2. The van der Waals surface area contributed by atoms with Crippen molar-refractivity contribution in [3.05, 3.63) is 0 Å². The van der Waals surface area contributed by atoms with Gasteiger partial charge in [0.2, 0.25) is 0 Å². The molecule has 3 N–H and O–H groups in total. The van der Waals surface area contributed by atoms with Gasteiger partial charge in [0.1, 0.15) is 40.7 Å². The lowest BCUT2D eigenvalue weighted by atomic mass is 10.0. The monoisotopic (exact) mass is 448 g/mol. The van der Waals surface area contributed by atoms with Crippen molar-refractivity contribution in [2.45, 2.75) is 44.3 Å². The van der Waals surface area contributed by atoms with E-state index in [0.29, 0.717) is 0 Å². The van der Waals surface area contributed by atoms with Crippen LogP contribution in [0.15, 0.2) is 0 Å². The van der Waals surface area contributed by atoms with Crippen molar-refractivity contribution < 1.29 is 56.0 Å². The Hall–Kier alpha value is 0.160. The van der Waals surface area contributed by atoms with Gasteiger partial charge in [-0.15, -0.1) is 0 Å². The van der Waals surface area contributed by atoms with E-state index in [1.807, 2.05) is 0 Å². The normalized spacial score (nSPS) is 21.8. The van der Waals surface area contributed by atoms with E-state index in [-0.39, 0.29) is 6.51 Å². The summed E-state index contributed by atoms with van der Waals surface area (Å²) in [7, 11) is 2.17. The van der Waals surface area contributed by atoms with Gasteiger partial charge in [-0.2, -0.15) is 0 Å². The van der Waals surface area contributed by atoms with Crippen LogP contribution in [0.3, 0.4) is 0 Å². The Bertz CT molecular complexity index is 530. The van der Waals surface area contributed by atoms with Crippen molar-refractivity contribution in [1.29, 1.82) is 0 Å². The van der Waals surface area contributed by atoms with E-state index in [4.69, 9.17) is 39.3 Å². The lowest BCUT2D eigenvalue weighted by Gasteiger charge is -2.29. The predicted molar refractivity (Wildman–Crippen MR) is 96.7 cm³/mol. The van der Waals surface area contributed by atoms with Crippen molar-refractivity contribution in [2.24, 2.45) is 0 Å². The van der Waals surface area contributed by atoms with Gasteiger partial charge in [-0.05, 0) is 13.8 Å². The Labute approximate surface area is 165 Å². The van der Waals surface area contributed by atoms with Gasteiger partial charge in [0.05, 0.1) is 19.3 Å². The van der Waals surface area contributed by atoms with Crippen molar-refractivity contribution >= 4 is 31.3 Å². The van der Waals surface area contributed by atoms with Gasteiger partial charge in [-0.25, -0.2) is 13.5 Å². The number of aliphatic hydroxyl groups excluding tert-OH is 1. The molecule has 0 fully saturated rings. The second kappa shape index (κ2) is 13.5. The highest BCUT2D eigenvalue weighted by Gasteiger charge is 2.36. The van der Waals surface area contributed by atoms with Gasteiger partial charge in [0, 0.05) is 19.6 Å². The van der Waals surface area contributed by atoms with Crippen molar-refractivity contribution in [2.75, 3.05) is 33.5 Å². The number of alkyl halides is 1. The lowest BCUT2D eigenvalue weighted by Crippen LogP contribution is -2.39. The fourth-order valence-corrected chi connectivity index (χ4v) is 3.43. The number of ether oxygens (including phenoxy) is 2. The third-order valence-corrected chi connectivity index (χ3v) is 5.24. The molecule has 0 amide bonds. The summed E-state index contributed by atoms with van der Waals surface area (Å²) in [6.07, 6.45) is -5.27. The summed E-state index contributed by atoms with van der Waals surface area (Å²) in [4.78, 5) is 19.1. The average molecular weight is 448 g/mol. The fourth-order valence-electron chi connectivity index (χ4n) is 1.86. The minimum atomic E-state index is -4.74. The summed E-state index contributed by atoms with van der Waals surface area (Å²) in [5, 5.41) is 9.15. The van der Waals surface area contributed by atoms with E-state index in [1.54, 1.807) is 0 Å². The zero-order chi connectivity index (χ0) is 22.0. The molecule has 0 aromatic heterocycles. The summed E-state index contributed by atoms with van der Waals surface area (Å²) in [5.74, 6) is 0. The van der Waals surface area contributed by atoms with Crippen LogP contribution in [0, 0.1) is 0 Å². The maximum absolute atomic E-state index is 13.3. The molecule has 0 aliphatic heterocycles. The largest absolute Gasteiger partial charge is 0.472 e. The van der Waals surface area contributed by atoms with Gasteiger partial charge >= 0.3 is 15.6 Å². The quantitative estimate of drug-likeness (QED) is 0.217. The Kier molecular flexibility index (Phi) is 13.5. The molecule has 0 aromatic carbocycles. The molecule has 162 valence electrons. The van der Waals surface area contributed by atoms with Crippen LogP contribution in [0.25, 0.3) is 0 Å². The Balaban J connectivity index is 5.08. The van der Waals surface area contributed by atoms with Crippen LogP contribution in [0.5, 0.6) is 0 Å². The maximum atomic E-state index is 13.3. The lowest BCUT2D eigenvalue weighted by molar-refractivity contribution is -0.0804. The SMILES string of the molecule is [B]COC(CO)[C@@H](C)OP(=O)(O)OCC(O[C@@H]([B])C)C(CF)OP(=O)(O)OC. The van der Waals surface area contributed by atoms with E-state index >= 15 is 0 Å². The molecule has 16 heteroatoms. The summed E-state index contributed by atoms with van der Waals surface area (Å²) < 4.78 is 65.3. The maximum Gasteiger partial charge on any atom is 0.472 e. The van der Waals surface area contributed by atoms with Gasteiger partial charge < -0.3 is 24.4 Å². The van der Waals surface area contributed by atoms with Crippen LogP contribution in [-0.2, 0) is 36.7 Å². The summed E-state index contributed by atoms with van der Waals surface area (Å²) in [5.41, 5.74) is 0. The molecule has 11 nitrogen and oxygen atoms in total.